The van der Waals surface area contributed by atoms with Gasteiger partial charge in [-0.25, -0.2) is 8.42 Å². The average molecular weight is 642 g/mol. The molecule has 12 nitrogen and oxygen atoms in total. The topological polar surface area (TPSA) is 172 Å². The standard InChI is InChI=1S/C32H42N4O8S/c1-22(37)34-24-11-7-12-25(18-24)45(41,42)35(21-32(2,3)14-8-15-33)19-29(38)27(17-23-9-5-4-6-10-23)36(31(39)40)28-20-44-30-26(28)13-16-43-30/h4-7,9-12,18,26-30,38H,8,13-14,16-17,19-21H2,1-3H3,(H,34,37)(H,39,40)/p-1/t26-,27-,28-,29+,30+/m0/s1. The lowest BCUT2D eigenvalue weighted by Crippen LogP contribution is -2.61. The van der Waals surface area contributed by atoms with Crippen LogP contribution in [0.3, 0.4) is 0 Å². The lowest BCUT2D eigenvalue weighted by atomic mass is 9.87. The SMILES string of the molecule is CC(=O)Nc1cccc(S(=O)(=O)N(C[C@@H](O)[C@H](Cc2ccccc2)N(C(=O)[O-])[C@H]2CO[C@H]3OCC[C@H]32)CC(C)(C)CCC#N)c1. The minimum atomic E-state index is -4.29. The van der Waals surface area contributed by atoms with Gasteiger partial charge in [-0.15, -0.1) is 0 Å². The van der Waals surface area contributed by atoms with Gasteiger partial charge < -0.3 is 34.7 Å². The molecule has 0 spiro atoms. The maximum Gasteiger partial charge on any atom is 0.243 e. The van der Waals surface area contributed by atoms with Gasteiger partial charge >= 0.3 is 0 Å². The Balaban J connectivity index is 1.72. The van der Waals surface area contributed by atoms with E-state index in [9.17, 15) is 33.5 Å². The number of carbonyl (C=O) groups is 2. The van der Waals surface area contributed by atoms with Gasteiger partial charge in [0.05, 0.1) is 42.4 Å². The van der Waals surface area contributed by atoms with Crippen LogP contribution in [0.1, 0.15) is 45.6 Å². The molecule has 5 atom stereocenters. The molecule has 2 amide bonds. The molecule has 0 radical (unpaired) electrons. The second-order valence-corrected chi connectivity index (χ2v) is 14.4. The summed E-state index contributed by atoms with van der Waals surface area (Å²) in [4.78, 5) is 25.5. The molecule has 2 aliphatic rings. The minimum Gasteiger partial charge on any atom is -0.530 e. The predicted molar refractivity (Wildman–Crippen MR) is 163 cm³/mol. The van der Waals surface area contributed by atoms with Crippen molar-refractivity contribution in [2.24, 2.45) is 11.3 Å². The van der Waals surface area contributed by atoms with Gasteiger partial charge in [-0.2, -0.15) is 9.57 Å². The van der Waals surface area contributed by atoms with Crippen molar-refractivity contribution in [2.75, 3.05) is 31.6 Å². The highest BCUT2D eigenvalue weighted by molar-refractivity contribution is 7.89. The molecule has 244 valence electrons. The van der Waals surface area contributed by atoms with Crippen LogP contribution in [0.4, 0.5) is 10.5 Å². The summed E-state index contributed by atoms with van der Waals surface area (Å²) in [6.07, 6.45) is -2.28. The van der Waals surface area contributed by atoms with E-state index in [1.807, 2.05) is 32.0 Å². The number of rotatable bonds is 14. The summed E-state index contributed by atoms with van der Waals surface area (Å²) in [5, 5.41) is 36.5. The summed E-state index contributed by atoms with van der Waals surface area (Å²) >= 11 is 0. The number of carboxylic acid groups (broad SMARTS) is 1. The number of hydrogen-bond donors (Lipinski definition) is 2. The second kappa shape index (κ2) is 14.7. The highest BCUT2D eigenvalue weighted by atomic mass is 32.2. The Bertz CT molecular complexity index is 1480. The van der Waals surface area contributed by atoms with E-state index in [4.69, 9.17) is 9.47 Å². The highest BCUT2D eigenvalue weighted by Crippen LogP contribution is 2.36. The number of aliphatic hydroxyl groups is 1. The van der Waals surface area contributed by atoms with Gasteiger partial charge in [0.25, 0.3) is 0 Å². The maximum absolute atomic E-state index is 14.2. The zero-order chi connectivity index (χ0) is 32.8. The molecule has 0 saturated carbocycles. The largest absolute Gasteiger partial charge is 0.530 e. The van der Waals surface area contributed by atoms with Crippen molar-refractivity contribution in [2.45, 2.75) is 75.8 Å². The fourth-order valence-corrected chi connectivity index (χ4v) is 7.83. The quantitative estimate of drug-likeness (QED) is 0.314. The van der Waals surface area contributed by atoms with Crippen LogP contribution in [0, 0.1) is 22.7 Å². The van der Waals surface area contributed by atoms with E-state index in [0.717, 1.165) is 14.8 Å². The number of fused-ring (bicyclic) bond motifs is 1. The number of nitriles is 1. The molecule has 45 heavy (non-hydrogen) atoms. The first-order chi connectivity index (χ1) is 21.3. The van der Waals surface area contributed by atoms with E-state index in [1.165, 1.54) is 25.1 Å². The molecular weight excluding hydrogens is 600 g/mol. The number of hydrogen-bond acceptors (Lipinski definition) is 9. The molecule has 2 N–H and O–H groups in total. The molecule has 2 aromatic rings. The van der Waals surface area contributed by atoms with Crippen LogP contribution in [0.25, 0.3) is 0 Å². The first-order valence-corrected chi connectivity index (χ1v) is 16.5. The van der Waals surface area contributed by atoms with Crippen LogP contribution in [-0.2, 0) is 30.7 Å². The highest BCUT2D eigenvalue weighted by Gasteiger charge is 2.47. The first-order valence-electron chi connectivity index (χ1n) is 15.0. The number of ether oxygens (including phenoxy) is 2. The van der Waals surface area contributed by atoms with E-state index in [2.05, 4.69) is 11.4 Å². The summed E-state index contributed by atoms with van der Waals surface area (Å²) < 4.78 is 40.9. The third-order valence-corrected chi connectivity index (χ3v) is 10.2. The molecule has 2 aliphatic heterocycles. The molecule has 2 heterocycles. The Morgan fingerprint density at radius 1 is 1.18 bits per heavy atom. The molecular formula is C32H41N4O8S-. The average Bonchev–Trinajstić information content (AvgIpc) is 3.61. The number of aliphatic hydroxyl groups excluding tert-OH is 1. The number of nitrogens with zero attached hydrogens (tertiary/aromatic N) is 3. The van der Waals surface area contributed by atoms with Crippen LogP contribution in [0.2, 0.25) is 0 Å². The smallest absolute Gasteiger partial charge is 0.243 e. The fraction of sp³-hybridized carbons (Fsp3) is 0.531. The van der Waals surface area contributed by atoms with Crippen molar-refractivity contribution < 1.29 is 37.7 Å². The van der Waals surface area contributed by atoms with E-state index >= 15 is 0 Å². The van der Waals surface area contributed by atoms with Gasteiger partial charge in [0.1, 0.15) is 6.09 Å². The van der Waals surface area contributed by atoms with Crippen LogP contribution < -0.4 is 10.4 Å². The van der Waals surface area contributed by atoms with Crippen LogP contribution in [0.5, 0.6) is 0 Å². The van der Waals surface area contributed by atoms with E-state index in [-0.39, 0.29) is 48.4 Å². The van der Waals surface area contributed by atoms with E-state index < -0.39 is 52.6 Å². The number of nitrogens with one attached hydrogen (secondary N) is 1. The Labute approximate surface area is 264 Å². The summed E-state index contributed by atoms with van der Waals surface area (Å²) in [7, 11) is -4.29. The van der Waals surface area contributed by atoms with Crippen molar-refractivity contribution in [3.8, 4) is 6.07 Å². The third kappa shape index (κ3) is 8.59. The van der Waals surface area contributed by atoms with E-state index in [0.29, 0.717) is 19.4 Å². The fourth-order valence-electron chi connectivity index (χ4n) is 6.14. The summed E-state index contributed by atoms with van der Waals surface area (Å²) in [5.41, 5.74) is 0.360. The van der Waals surface area contributed by atoms with Crippen LogP contribution >= 0.6 is 0 Å². The molecule has 13 heteroatoms. The molecule has 2 saturated heterocycles. The van der Waals surface area contributed by atoms with Crippen molar-refractivity contribution >= 4 is 27.7 Å². The minimum absolute atomic E-state index is 0.0560. The first kappa shape index (κ1) is 34.3. The number of sulfonamides is 1. The summed E-state index contributed by atoms with van der Waals surface area (Å²) in [5.74, 6) is -0.624. The molecule has 0 unspecified atom stereocenters. The zero-order valence-electron chi connectivity index (χ0n) is 25.8. The Morgan fingerprint density at radius 3 is 2.58 bits per heavy atom. The molecule has 2 aromatic carbocycles. The van der Waals surface area contributed by atoms with Gasteiger partial charge in [0.2, 0.25) is 15.9 Å². The number of carbonyl (C=O) groups excluding carboxylic acids is 2. The molecule has 2 fully saturated rings. The lowest BCUT2D eigenvalue weighted by molar-refractivity contribution is -0.273. The summed E-state index contributed by atoms with van der Waals surface area (Å²) in [6, 6.07) is 15.2. The molecule has 4 rings (SSSR count). The third-order valence-electron chi connectivity index (χ3n) is 8.37. The van der Waals surface area contributed by atoms with Crippen LogP contribution in [0.15, 0.2) is 59.5 Å². The maximum atomic E-state index is 14.2. The summed E-state index contributed by atoms with van der Waals surface area (Å²) in [6.45, 7) is 4.94. The lowest BCUT2D eigenvalue weighted by Gasteiger charge is -2.43. The van der Waals surface area contributed by atoms with Gasteiger partial charge in [0, 0.05) is 38.0 Å². The van der Waals surface area contributed by atoms with Crippen molar-refractivity contribution in [1.29, 1.82) is 5.26 Å². The number of benzene rings is 2. The number of anilines is 1. The van der Waals surface area contributed by atoms with Crippen molar-refractivity contribution in [3.05, 3.63) is 60.2 Å². The Kier molecular flexibility index (Phi) is 11.2. The zero-order valence-corrected chi connectivity index (χ0v) is 26.6. The second-order valence-electron chi connectivity index (χ2n) is 12.4. The monoisotopic (exact) mass is 641 g/mol. The van der Waals surface area contributed by atoms with Crippen LogP contribution in [-0.4, -0.2) is 85.5 Å². The normalized spacial score (nSPS) is 21.1. The molecule has 0 aromatic heterocycles. The predicted octanol–water partition coefficient (Wildman–Crippen LogP) is 2.34. The van der Waals surface area contributed by atoms with Gasteiger partial charge in [-0.05, 0) is 48.4 Å². The van der Waals surface area contributed by atoms with Gasteiger partial charge in [-0.3, -0.25) is 4.79 Å². The van der Waals surface area contributed by atoms with E-state index in [1.54, 1.807) is 18.2 Å². The molecule has 0 aliphatic carbocycles. The van der Waals surface area contributed by atoms with Gasteiger partial charge in [-0.1, -0.05) is 50.2 Å². The Hall–Kier alpha value is -3.54. The van der Waals surface area contributed by atoms with Crippen molar-refractivity contribution in [3.63, 3.8) is 0 Å². The number of amides is 2. The molecule has 0 bridgehead atoms. The van der Waals surface area contributed by atoms with Gasteiger partial charge in [0.15, 0.2) is 6.29 Å². The van der Waals surface area contributed by atoms with Crippen molar-refractivity contribution in [1.82, 2.24) is 9.21 Å². The Morgan fingerprint density at radius 2 is 1.91 bits per heavy atom.